The molecule has 0 saturated carbocycles. The van der Waals surface area contributed by atoms with E-state index in [-0.39, 0.29) is 17.9 Å². The zero-order valence-corrected chi connectivity index (χ0v) is 18.6. The Hall–Kier alpha value is -4.13. The molecule has 3 aromatic rings. The molecule has 0 aliphatic carbocycles. The molecule has 2 heterocycles. The van der Waals surface area contributed by atoms with E-state index >= 15 is 0 Å². The lowest BCUT2D eigenvalue weighted by atomic mass is 9.95. The van der Waals surface area contributed by atoms with Gasteiger partial charge in [-0.2, -0.15) is 0 Å². The van der Waals surface area contributed by atoms with Gasteiger partial charge in [-0.05, 0) is 48.4 Å². The number of hydrogen-bond acceptors (Lipinski definition) is 6. The number of ether oxygens (including phenoxy) is 2. The summed E-state index contributed by atoms with van der Waals surface area (Å²) < 4.78 is 10.7. The first-order valence-electron chi connectivity index (χ1n) is 10.4. The van der Waals surface area contributed by atoms with Crippen LogP contribution in [0.5, 0.6) is 11.5 Å². The number of Topliss-reactive ketones (excluding diaryl/α,β-unsaturated/α-hetero) is 1. The molecule has 1 aliphatic heterocycles. The Labute approximate surface area is 191 Å². The first-order chi connectivity index (χ1) is 16.0. The lowest BCUT2D eigenvalue weighted by Gasteiger charge is -2.25. The van der Waals surface area contributed by atoms with Crippen LogP contribution in [0.3, 0.4) is 0 Å². The summed E-state index contributed by atoms with van der Waals surface area (Å²) in [7, 11) is 3.12. The van der Waals surface area contributed by atoms with Gasteiger partial charge >= 0.3 is 0 Å². The number of rotatable bonds is 6. The molecular weight excluding hydrogens is 420 g/mol. The topological polar surface area (TPSA) is 89.0 Å². The summed E-state index contributed by atoms with van der Waals surface area (Å²) in [6.45, 7) is 1.97. The molecule has 1 unspecified atom stereocenters. The van der Waals surface area contributed by atoms with E-state index in [1.54, 1.807) is 63.0 Å². The third-order valence-corrected chi connectivity index (χ3v) is 5.74. The second-order valence-electron chi connectivity index (χ2n) is 7.71. The minimum atomic E-state index is -0.800. The van der Waals surface area contributed by atoms with E-state index in [0.29, 0.717) is 22.6 Å². The largest absolute Gasteiger partial charge is 0.507 e. The van der Waals surface area contributed by atoms with E-state index in [2.05, 4.69) is 4.98 Å². The van der Waals surface area contributed by atoms with E-state index in [9.17, 15) is 14.7 Å². The predicted molar refractivity (Wildman–Crippen MR) is 123 cm³/mol. The van der Waals surface area contributed by atoms with Gasteiger partial charge in [-0.25, -0.2) is 0 Å². The predicted octanol–water partition coefficient (Wildman–Crippen LogP) is 4.03. The zero-order valence-electron chi connectivity index (χ0n) is 18.6. The van der Waals surface area contributed by atoms with E-state index < -0.39 is 17.7 Å². The van der Waals surface area contributed by atoms with E-state index in [4.69, 9.17) is 9.47 Å². The van der Waals surface area contributed by atoms with Crippen molar-refractivity contribution in [3.8, 4) is 11.5 Å². The molecule has 1 aromatic heterocycles. The monoisotopic (exact) mass is 444 g/mol. The molecular formula is C26H24N2O5. The molecule has 4 rings (SSSR count). The number of ketones is 1. The van der Waals surface area contributed by atoms with Crippen LogP contribution in [-0.2, 0) is 16.1 Å². The average molecular weight is 444 g/mol. The fraction of sp³-hybridized carbons (Fsp3) is 0.192. The number of nitrogens with zero attached hydrogens (tertiary/aromatic N) is 2. The Bertz CT molecular complexity index is 1240. The quantitative estimate of drug-likeness (QED) is 0.351. The molecule has 7 heteroatoms. The Morgan fingerprint density at radius 2 is 1.79 bits per heavy atom. The number of carbonyl (C=O) groups is 2. The number of aliphatic hydroxyl groups is 1. The molecule has 0 bridgehead atoms. The molecule has 2 aromatic carbocycles. The van der Waals surface area contributed by atoms with Crippen molar-refractivity contribution in [2.24, 2.45) is 0 Å². The van der Waals surface area contributed by atoms with Crippen molar-refractivity contribution in [3.05, 3.63) is 94.8 Å². The zero-order chi connectivity index (χ0) is 23.5. The fourth-order valence-electron chi connectivity index (χ4n) is 4.13. The maximum atomic E-state index is 13.2. The first-order valence-corrected chi connectivity index (χ1v) is 10.4. The van der Waals surface area contributed by atoms with E-state index in [0.717, 1.165) is 11.1 Å². The van der Waals surface area contributed by atoms with Crippen molar-refractivity contribution >= 4 is 17.4 Å². The van der Waals surface area contributed by atoms with Crippen LogP contribution >= 0.6 is 0 Å². The van der Waals surface area contributed by atoms with Gasteiger partial charge in [0.15, 0.2) is 0 Å². The van der Waals surface area contributed by atoms with Crippen LogP contribution in [0.4, 0.5) is 0 Å². The smallest absolute Gasteiger partial charge is 0.295 e. The first kappa shape index (κ1) is 22.1. The van der Waals surface area contributed by atoms with Gasteiger partial charge in [-0.3, -0.25) is 14.6 Å². The average Bonchev–Trinajstić information content (AvgIpc) is 3.09. The maximum Gasteiger partial charge on any atom is 0.295 e. The van der Waals surface area contributed by atoms with Gasteiger partial charge in [-0.15, -0.1) is 0 Å². The number of aryl methyl sites for hydroxylation is 1. The minimum absolute atomic E-state index is 0.0208. The van der Waals surface area contributed by atoms with Crippen LogP contribution in [0.15, 0.2) is 72.6 Å². The number of para-hydroxylation sites is 1. The van der Waals surface area contributed by atoms with Crippen LogP contribution in [0.25, 0.3) is 5.76 Å². The van der Waals surface area contributed by atoms with Gasteiger partial charge in [-0.1, -0.05) is 24.3 Å². The molecule has 1 amide bonds. The summed E-state index contributed by atoms with van der Waals surface area (Å²) >= 11 is 0. The van der Waals surface area contributed by atoms with Gasteiger partial charge in [0.2, 0.25) is 0 Å². The summed E-state index contributed by atoms with van der Waals surface area (Å²) in [5, 5.41) is 11.2. The fourth-order valence-corrected chi connectivity index (χ4v) is 4.13. The van der Waals surface area contributed by atoms with Gasteiger partial charge in [0.25, 0.3) is 11.7 Å². The molecule has 33 heavy (non-hydrogen) atoms. The number of aromatic nitrogens is 1. The highest BCUT2D eigenvalue weighted by atomic mass is 16.5. The molecule has 168 valence electrons. The normalized spacial score (nSPS) is 17.3. The minimum Gasteiger partial charge on any atom is -0.507 e. The summed E-state index contributed by atoms with van der Waals surface area (Å²) in [5.74, 6) is -0.413. The van der Waals surface area contributed by atoms with Gasteiger partial charge in [0.1, 0.15) is 17.3 Å². The van der Waals surface area contributed by atoms with Crippen molar-refractivity contribution in [2.75, 3.05) is 14.2 Å². The summed E-state index contributed by atoms with van der Waals surface area (Å²) in [6, 6.07) is 15.1. The number of benzene rings is 2. The van der Waals surface area contributed by atoms with Crippen LogP contribution in [0, 0.1) is 6.92 Å². The standard InChI is InChI=1S/C26H24N2O5/c1-16-13-17(10-11-20(16)32-2)24(29)22-23(18-8-6-12-27-14-18)28(26(31)25(22)30)15-19-7-4-5-9-21(19)33-3/h4-14,23,29H,15H2,1-3H3/b24-22-. The number of amides is 1. The number of likely N-dealkylation sites (tertiary alicyclic amines) is 1. The summed E-state index contributed by atoms with van der Waals surface area (Å²) in [4.78, 5) is 31.9. The van der Waals surface area contributed by atoms with Crippen molar-refractivity contribution in [1.82, 2.24) is 9.88 Å². The van der Waals surface area contributed by atoms with Crippen molar-refractivity contribution in [1.29, 1.82) is 0 Å². The number of carbonyl (C=O) groups excluding carboxylic acids is 2. The molecule has 1 N–H and O–H groups in total. The molecule has 1 fully saturated rings. The Balaban J connectivity index is 1.86. The highest BCUT2D eigenvalue weighted by Gasteiger charge is 2.46. The van der Waals surface area contributed by atoms with Crippen LogP contribution in [-0.4, -0.2) is 40.9 Å². The van der Waals surface area contributed by atoms with Crippen LogP contribution in [0.2, 0.25) is 0 Å². The molecule has 7 nitrogen and oxygen atoms in total. The lowest BCUT2D eigenvalue weighted by molar-refractivity contribution is -0.140. The Kier molecular flexibility index (Phi) is 6.13. The molecule has 1 atom stereocenters. The highest BCUT2D eigenvalue weighted by molar-refractivity contribution is 6.46. The van der Waals surface area contributed by atoms with Gasteiger partial charge in [0.05, 0.1) is 32.4 Å². The van der Waals surface area contributed by atoms with Crippen molar-refractivity contribution in [2.45, 2.75) is 19.5 Å². The highest BCUT2D eigenvalue weighted by Crippen LogP contribution is 2.41. The summed E-state index contributed by atoms with van der Waals surface area (Å²) in [6.07, 6.45) is 3.21. The second-order valence-corrected chi connectivity index (χ2v) is 7.71. The van der Waals surface area contributed by atoms with Crippen LogP contribution < -0.4 is 9.47 Å². The number of methoxy groups -OCH3 is 2. The van der Waals surface area contributed by atoms with Gasteiger partial charge < -0.3 is 19.5 Å². The van der Waals surface area contributed by atoms with Crippen molar-refractivity contribution < 1.29 is 24.2 Å². The van der Waals surface area contributed by atoms with E-state index in [1.165, 1.54) is 4.90 Å². The number of hydrogen-bond donors (Lipinski definition) is 1. The van der Waals surface area contributed by atoms with Crippen molar-refractivity contribution in [3.63, 3.8) is 0 Å². The Morgan fingerprint density at radius 1 is 1.03 bits per heavy atom. The number of aliphatic hydroxyl groups excluding tert-OH is 1. The Morgan fingerprint density at radius 3 is 2.45 bits per heavy atom. The SMILES string of the molecule is COc1ccc(/C(O)=C2/C(=O)C(=O)N(Cc3ccccc3OC)C2c2cccnc2)cc1C. The molecule has 0 spiro atoms. The lowest BCUT2D eigenvalue weighted by Crippen LogP contribution is -2.29. The third-order valence-electron chi connectivity index (χ3n) is 5.74. The molecule has 1 saturated heterocycles. The van der Waals surface area contributed by atoms with Crippen LogP contribution in [0.1, 0.15) is 28.3 Å². The molecule has 1 aliphatic rings. The van der Waals surface area contributed by atoms with E-state index in [1.807, 2.05) is 25.1 Å². The second kappa shape index (κ2) is 9.16. The third kappa shape index (κ3) is 4.05. The maximum absolute atomic E-state index is 13.2. The molecule has 0 radical (unpaired) electrons. The number of pyridine rings is 1. The summed E-state index contributed by atoms with van der Waals surface area (Å²) in [5.41, 5.74) is 2.61. The van der Waals surface area contributed by atoms with Gasteiger partial charge in [0, 0.05) is 23.5 Å².